The molecule has 0 aromatic heterocycles. The normalized spacial score (nSPS) is 14.7. The van der Waals surface area contributed by atoms with E-state index in [2.05, 4.69) is 0 Å². The van der Waals surface area contributed by atoms with Crippen LogP contribution in [-0.2, 0) is 0 Å². The highest BCUT2D eigenvalue weighted by Crippen LogP contribution is 2.19. The summed E-state index contributed by atoms with van der Waals surface area (Å²) >= 11 is 0. The highest BCUT2D eigenvalue weighted by Gasteiger charge is 2.17. The topological polar surface area (TPSA) is 47.3 Å². The average molecular weight is 245 g/mol. The van der Waals surface area contributed by atoms with Crippen LogP contribution < -0.4 is 0 Å². The molecule has 1 heterocycles. The molecule has 16 heavy (non-hydrogen) atoms. The van der Waals surface area contributed by atoms with Crippen LogP contribution in [0.5, 0.6) is 5.75 Å². The van der Waals surface area contributed by atoms with Crippen molar-refractivity contribution >= 4 is 18.2 Å². The van der Waals surface area contributed by atoms with Gasteiger partial charge in [0.1, 0.15) is 5.84 Å². The van der Waals surface area contributed by atoms with Crippen LogP contribution in [0.1, 0.15) is 18.4 Å². The minimum Gasteiger partial charge on any atom is -0.505 e. The Kier molecular flexibility index (Phi) is 4.12. The lowest BCUT2D eigenvalue weighted by molar-refractivity contribution is 0.432. The van der Waals surface area contributed by atoms with E-state index in [4.69, 9.17) is 10.5 Å². The molecule has 1 saturated heterocycles. The first-order chi connectivity index (χ1) is 7.18. The van der Waals surface area contributed by atoms with Crippen molar-refractivity contribution in [2.45, 2.75) is 12.8 Å². The smallest absolute Gasteiger partial charge is 0.165 e. The van der Waals surface area contributed by atoms with Gasteiger partial charge >= 0.3 is 0 Å². The van der Waals surface area contributed by atoms with Gasteiger partial charge in [0, 0.05) is 18.7 Å². The van der Waals surface area contributed by atoms with E-state index in [0.29, 0.717) is 11.4 Å². The first-order valence-electron chi connectivity index (χ1n) is 5.01. The van der Waals surface area contributed by atoms with Crippen molar-refractivity contribution in [3.05, 3.63) is 29.6 Å². The Morgan fingerprint density at radius 2 is 1.94 bits per heavy atom. The minimum atomic E-state index is -0.670. The van der Waals surface area contributed by atoms with Gasteiger partial charge in [-0.15, -0.1) is 12.4 Å². The molecule has 2 N–H and O–H groups in total. The number of phenolic OH excluding ortho intramolecular Hbond substituents is 1. The molecular weight excluding hydrogens is 231 g/mol. The van der Waals surface area contributed by atoms with Crippen molar-refractivity contribution in [3.63, 3.8) is 0 Å². The molecule has 3 nitrogen and oxygen atoms in total. The fourth-order valence-electron chi connectivity index (χ4n) is 1.78. The van der Waals surface area contributed by atoms with Crippen LogP contribution >= 0.6 is 12.4 Å². The van der Waals surface area contributed by atoms with E-state index >= 15 is 0 Å². The largest absolute Gasteiger partial charge is 0.505 e. The molecule has 0 spiro atoms. The molecule has 0 saturated carbocycles. The van der Waals surface area contributed by atoms with Crippen LogP contribution in [-0.4, -0.2) is 28.9 Å². The molecule has 0 radical (unpaired) electrons. The molecule has 1 fully saturated rings. The molecule has 0 amide bonds. The molecule has 1 aliphatic heterocycles. The summed E-state index contributed by atoms with van der Waals surface area (Å²) in [6, 6.07) is 4.06. The molecular formula is C11H14ClFN2O. The fourth-order valence-corrected chi connectivity index (χ4v) is 1.78. The van der Waals surface area contributed by atoms with Gasteiger partial charge in [0.15, 0.2) is 11.6 Å². The molecule has 1 aromatic rings. The van der Waals surface area contributed by atoms with Crippen molar-refractivity contribution in [1.29, 1.82) is 5.41 Å². The lowest BCUT2D eigenvalue weighted by Crippen LogP contribution is -2.27. The Bertz CT molecular complexity index is 392. The van der Waals surface area contributed by atoms with Gasteiger partial charge in [-0.2, -0.15) is 0 Å². The molecule has 2 rings (SSSR count). The highest BCUT2D eigenvalue weighted by molar-refractivity contribution is 5.96. The number of nitrogens with zero attached hydrogens (tertiary/aromatic N) is 1. The van der Waals surface area contributed by atoms with Crippen LogP contribution in [0.4, 0.5) is 4.39 Å². The minimum absolute atomic E-state index is 0. The summed E-state index contributed by atoms with van der Waals surface area (Å²) in [6.07, 6.45) is 2.17. The Morgan fingerprint density at radius 1 is 1.31 bits per heavy atom. The van der Waals surface area contributed by atoms with Crippen molar-refractivity contribution in [2.24, 2.45) is 0 Å². The third kappa shape index (κ3) is 2.44. The zero-order valence-electron chi connectivity index (χ0n) is 8.74. The Morgan fingerprint density at radius 3 is 2.50 bits per heavy atom. The average Bonchev–Trinajstić information content (AvgIpc) is 2.74. The number of halogens is 2. The van der Waals surface area contributed by atoms with Gasteiger partial charge in [0.2, 0.25) is 0 Å². The number of nitrogens with one attached hydrogen (secondary N) is 1. The van der Waals surface area contributed by atoms with E-state index in [9.17, 15) is 4.39 Å². The van der Waals surface area contributed by atoms with Crippen LogP contribution in [0, 0.1) is 11.2 Å². The maximum absolute atomic E-state index is 13.1. The number of likely N-dealkylation sites (tertiary alicyclic amines) is 1. The number of hydrogen-bond donors (Lipinski definition) is 2. The van der Waals surface area contributed by atoms with Crippen molar-refractivity contribution < 1.29 is 9.50 Å². The third-order valence-electron chi connectivity index (χ3n) is 2.64. The van der Waals surface area contributed by atoms with E-state index < -0.39 is 5.82 Å². The van der Waals surface area contributed by atoms with Gasteiger partial charge in [-0.1, -0.05) is 0 Å². The van der Waals surface area contributed by atoms with Gasteiger partial charge in [0.25, 0.3) is 0 Å². The monoisotopic (exact) mass is 244 g/mol. The molecule has 0 bridgehead atoms. The SMILES string of the molecule is Cl.N=C(c1ccc(O)c(F)c1)N1CCCC1. The van der Waals surface area contributed by atoms with Crippen LogP contribution in [0.25, 0.3) is 0 Å². The molecule has 5 heteroatoms. The van der Waals surface area contributed by atoms with E-state index in [0.717, 1.165) is 25.9 Å². The van der Waals surface area contributed by atoms with Gasteiger partial charge < -0.3 is 10.0 Å². The summed E-state index contributed by atoms with van der Waals surface area (Å²) in [7, 11) is 0. The first kappa shape index (κ1) is 12.8. The van der Waals surface area contributed by atoms with Gasteiger partial charge in [-0.25, -0.2) is 4.39 Å². The summed E-state index contributed by atoms with van der Waals surface area (Å²) < 4.78 is 13.1. The van der Waals surface area contributed by atoms with Gasteiger partial charge in [0.05, 0.1) is 0 Å². The number of benzene rings is 1. The molecule has 1 aliphatic rings. The molecule has 0 unspecified atom stereocenters. The lowest BCUT2D eigenvalue weighted by Gasteiger charge is -2.18. The van der Waals surface area contributed by atoms with Gasteiger partial charge in [-0.3, -0.25) is 5.41 Å². The summed E-state index contributed by atoms with van der Waals surface area (Å²) in [5.41, 5.74) is 0.521. The zero-order valence-corrected chi connectivity index (χ0v) is 9.56. The molecule has 1 aromatic carbocycles. The number of hydrogen-bond acceptors (Lipinski definition) is 2. The molecule has 0 aliphatic carbocycles. The molecule has 88 valence electrons. The second kappa shape index (κ2) is 5.16. The first-order valence-corrected chi connectivity index (χ1v) is 5.01. The maximum Gasteiger partial charge on any atom is 0.165 e. The second-order valence-electron chi connectivity index (χ2n) is 3.71. The van der Waals surface area contributed by atoms with E-state index in [1.165, 1.54) is 12.1 Å². The summed E-state index contributed by atoms with van der Waals surface area (Å²) in [5, 5.41) is 16.9. The second-order valence-corrected chi connectivity index (χ2v) is 3.71. The number of phenols is 1. The Balaban J connectivity index is 0.00000128. The molecule has 0 atom stereocenters. The third-order valence-corrected chi connectivity index (χ3v) is 2.64. The number of aromatic hydroxyl groups is 1. The quantitative estimate of drug-likeness (QED) is 0.589. The number of amidine groups is 1. The van der Waals surface area contributed by atoms with Crippen LogP contribution in [0.15, 0.2) is 18.2 Å². The van der Waals surface area contributed by atoms with E-state index in [1.807, 2.05) is 4.90 Å². The maximum atomic E-state index is 13.1. The fraction of sp³-hybridized carbons (Fsp3) is 0.364. The van der Waals surface area contributed by atoms with E-state index in [-0.39, 0.29) is 18.2 Å². The zero-order chi connectivity index (χ0) is 10.8. The highest BCUT2D eigenvalue weighted by atomic mass is 35.5. The Labute approximate surface area is 99.8 Å². The predicted molar refractivity (Wildman–Crippen MR) is 62.9 cm³/mol. The summed E-state index contributed by atoms with van der Waals surface area (Å²) in [5.74, 6) is -0.698. The Hall–Kier alpha value is -1.29. The standard InChI is InChI=1S/C11H13FN2O.ClH/c12-9-7-8(3-4-10(9)15)11(13)14-5-1-2-6-14;/h3-4,7,13,15H,1-2,5-6H2;1H. The number of rotatable bonds is 1. The summed E-state index contributed by atoms with van der Waals surface area (Å²) in [4.78, 5) is 1.92. The van der Waals surface area contributed by atoms with E-state index in [1.54, 1.807) is 6.07 Å². The lowest BCUT2D eigenvalue weighted by atomic mass is 10.2. The summed E-state index contributed by atoms with van der Waals surface area (Å²) in [6.45, 7) is 1.72. The van der Waals surface area contributed by atoms with Crippen LogP contribution in [0.2, 0.25) is 0 Å². The van der Waals surface area contributed by atoms with Crippen molar-refractivity contribution in [3.8, 4) is 5.75 Å². The van der Waals surface area contributed by atoms with Crippen molar-refractivity contribution in [2.75, 3.05) is 13.1 Å². The predicted octanol–water partition coefficient (Wildman–Crippen LogP) is 2.37. The van der Waals surface area contributed by atoms with Gasteiger partial charge in [-0.05, 0) is 31.0 Å². The van der Waals surface area contributed by atoms with Crippen molar-refractivity contribution in [1.82, 2.24) is 4.90 Å². The van der Waals surface area contributed by atoms with Crippen LogP contribution in [0.3, 0.4) is 0 Å².